The summed E-state index contributed by atoms with van der Waals surface area (Å²) in [7, 11) is 0. The van der Waals surface area contributed by atoms with Crippen molar-refractivity contribution in [3.8, 4) is 0 Å². The number of anilines is 1. The van der Waals surface area contributed by atoms with Crippen molar-refractivity contribution in [2.75, 3.05) is 11.9 Å². The fraction of sp³-hybridized carbons (Fsp3) is 0.391. The Balaban J connectivity index is 1.34. The summed E-state index contributed by atoms with van der Waals surface area (Å²) in [6.07, 6.45) is 5.06. The lowest BCUT2D eigenvalue weighted by Gasteiger charge is -2.27. The lowest BCUT2D eigenvalue weighted by molar-refractivity contribution is -0.128. The van der Waals surface area contributed by atoms with Gasteiger partial charge in [-0.15, -0.1) is 0 Å². The SMILES string of the molecule is O=C(NCCCc1ccccc1)C1CCC(C(=O)Nc2ccccc2)CC1. The molecule has 2 aromatic carbocycles. The van der Waals surface area contributed by atoms with E-state index >= 15 is 0 Å². The second-order valence-corrected chi connectivity index (χ2v) is 7.28. The van der Waals surface area contributed by atoms with Crippen LogP contribution in [0.15, 0.2) is 60.7 Å². The molecule has 0 aliphatic heterocycles. The maximum absolute atomic E-state index is 12.4. The molecule has 0 heterocycles. The Hall–Kier alpha value is -2.62. The zero-order valence-electron chi connectivity index (χ0n) is 15.7. The van der Waals surface area contributed by atoms with Gasteiger partial charge >= 0.3 is 0 Å². The number of rotatable bonds is 7. The van der Waals surface area contributed by atoms with E-state index in [9.17, 15) is 9.59 Å². The Morgan fingerprint density at radius 1 is 0.778 bits per heavy atom. The lowest BCUT2D eigenvalue weighted by Crippen LogP contribution is -2.36. The largest absolute Gasteiger partial charge is 0.356 e. The zero-order valence-corrected chi connectivity index (χ0v) is 15.7. The van der Waals surface area contributed by atoms with Gasteiger partial charge in [-0.25, -0.2) is 0 Å². The van der Waals surface area contributed by atoms with E-state index in [4.69, 9.17) is 0 Å². The first-order valence-electron chi connectivity index (χ1n) is 9.90. The van der Waals surface area contributed by atoms with Gasteiger partial charge in [-0.1, -0.05) is 48.5 Å². The summed E-state index contributed by atoms with van der Waals surface area (Å²) in [6.45, 7) is 0.710. The minimum absolute atomic E-state index is 0.00679. The van der Waals surface area contributed by atoms with Crippen LogP contribution in [0, 0.1) is 11.8 Å². The van der Waals surface area contributed by atoms with E-state index < -0.39 is 0 Å². The molecule has 2 aromatic rings. The molecule has 1 aliphatic rings. The first-order valence-corrected chi connectivity index (χ1v) is 9.90. The van der Waals surface area contributed by atoms with E-state index in [0.29, 0.717) is 6.54 Å². The smallest absolute Gasteiger partial charge is 0.227 e. The van der Waals surface area contributed by atoms with Crippen molar-refractivity contribution in [2.24, 2.45) is 11.8 Å². The summed E-state index contributed by atoms with van der Waals surface area (Å²) >= 11 is 0. The summed E-state index contributed by atoms with van der Waals surface area (Å²) in [5.41, 5.74) is 2.14. The Labute approximate surface area is 161 Å². The average Bonchev–Trinajstić information content (AvgIpc) is 2.72. The summed E-state index contributed by atoms with van der Waals surface area (Å²) in [4.78, 5) is 24.7. The van der Waals surface area contributed by atoms with Gasteiger partial charge in [0.25, 0.3) is 0 Å². The molecule has 0 unspecified atom stereocenters. The highest BCUT2D eigenvalue weighted by atomic mass is 16.2. The number of hydrogen-bond donors (Lipinski definition) is 2. The van der Waals surface area contributed by atoms with Gasteiger partial charge in [0, 0.05) is 24.1 Å². The summed E-state index contributed by atoms with van der Waals surface area (Å²) in [5, 5.41) is 6.04. The molecular weight excluding hydrogens is 336 g/mol. The number of aryl methyl sites for hydroxylation is 1. The van der Waals surface area contributed by atoms with Crippen molar-refractivity contribution in [1.29, 1.82) is 0 Å². The standard InChI is InChI=1S/C23H28N2O2/c26-22(24-17-7-10-18-8-3-1-4-9-18)19-13-15-20(16-14-19)23(27)25-21-11-5-2-6-12-21/h1-6,8-9,11-12,19-20H,7,10,13-17H2,(H,24,26)(H,25,27). The first-order chi connectivity index (χ1) is 13.2. The summed E-state index contributed by atoms with van der Waals surface area (Å²) in [6, 6.07) is 19.9. The third-order valence-electron chi connectivity index (χ3n) is 5.29. The van der Waals surface area contributed by atoms with Crippen LogP contribution in [0.5, 0.6) is 0 Å². The Kier molecular flexibility index (Phi) is 7.03. The fourth-order valence-electron chi connectivity index (χ4n) is 3.68. The van der Waals surface area contributed by atoms with Crippen LogP contribution in [0.25, 0.3) is 0 Å². The molecule has 3 rings (SSSR count). The summed E-state index contributed by atoms with van der Waals surface area (Å²) < 4.78 is 0. The van der Waals surface area contributed by atoms with E-state index in [1.54, 1.807) is 0 Å². The molecule has 27 heavy (non-hydrogen) atoms. The monoisotopic (exact) mass is 364 g/mol. The van der Waals surface area contributed by atoms with Gasteiger partial charge in [0.2, 0.25) is 11.8 Å². The zero-order chi connectivity index (χ0) is 18.9. The molecule has 0 aromatic heterocycles. The van der Waals surface area contributed by atoms with Gasteiger partial charge in [-0.3, -0.25) is 9.59 Å². The topological polar surface area (TPSA) is 58.2 Å². The minimum Gasteiger partial charge on any atom is -0.356 e. The van der Waals surface area contributed by atoms with Crippen LogP contribution in [-0.2, 0) is 16.0 Å². The minimum atomic E-state index is 0.00679. The molecule has 0 saturated heterocycles. The van der Waals surface area contributed by atoms with Crippen molar-refractivity contribution >= 4 is 17.5 Å². The van der Waals surface area contributed by atoms with Gasteiger partial charge in [-0.2, -0.15) is 0 Å². The van der Waals surface area contributed by atoms with E-state index in [1.807, 2.05) is 48.5 Å². The molecule has 1 saturated carbocycles. The molecule has 2 N–H and O–H groups in total. The highest BCUT2D eigenvalue weighted by Crippen LogP contribution is 2.29. The highest BCUT2D eigenvalue weighted by Gasteiger charge is 2.29. The van der Waals surface area contributed by atoms with E-state index in [2.05, 4.69) is 22.8 Å². The fourth-order valence-corrected chi connectivity index (χ4v) is 3.68. The number of nitrogens with one attached hydrogen (secondary N) is 2. The van der Waals surface area contributed by atoms with Crippen LogP contribution < -0.4 is 10.6 Å². The Morgan fingerprint density at radius 3 is 1.96 bits per heavy atom. The molecule has 2 amide bonds. The van der Waals surface area contributed by atoms with E-state index in [-0.39, 0.29) is 23.7 Å². The quantitative estimate of drug-likeness (QED) is 0.724. The van der Waals surface area contributed by atoms with Crippen molar-refractivity contribution in [3.05, 3.63) is 66.2 Å². The molecule has 142 valence electrons. The maximum atomic E-state index is 12.4. The van der Waals surface area contributed by atoms with Gasteiger partial charge in [0.05, 0.1) is 0 Å². The van der Waals surface area contributed by atoms with Crippen LogP contribution in [0.2, 0.25) is 0 Å². The molecule has 1 aliphatic carbocycles. The maximum Gasteiger partial charge on any atom is 0.227 e. The number of benzene rings is 2. The number of hydrogen-bond acceptors (Lipinski definition) is 2. The Bertz CT molecular complexity index is 723. The highest BCUT2D eigenvalue weighted by molar-refractivity contribution is 5.92. The number of carbonyl (C=O) groups is 2. The number of carbonyl (C=O) groups excluding carboxylic acids is 2. The molecular formula is C23H28N2O2. The number of amides is 2. The molecule has 0 spiro atoms. The normalized spacial score (nSPS) is 19.3. The molecule has 4 nitrogen and oxygen atoms in total. The number of para-hydroxylation sites is 1. The predicted octanol–water partition coefficient (Wildman–Crippen LogP) is 4.18. The molecule has 4 heteroatoms. The van der Waals surface area contributed by atoms with Crippen molar-refractivity contribution < 1.29 is 9.59 Å². The Morgan fingerprint density at radius 2 is 1.33 bits per heavy atom. The van der Waals surface area contributed by atoms with Crippen LogP contribution >= 0.6 is 0 Å². The summed E-state index contributed by atoms with van der Waals surface area (Å²) in [5.74, 6) is 0.266. The van der Waals surface area contributed by atoms with Crippen molar-refractivity contribution in [1.82, 2.24) is 5.32 Å². The van der Waals surface area contributed by atoms with E-state index in [1.165, 1.54) is 5.56 Å². The van der Waals surface area contributed by atoms with Gasteiger partial charge in [0.1, 0.15) is 0 Å². The van der Waals surface area contributed by atoms with Crippen LogP contribution in [0.4, 0.5) is 5.69 Å². The molecule has 0 radical (unpaired) electrons. The van der Waals surface area contributed by atoms with Crippen molar-refractivity contribution in [3.63, 3.8) is 0 Å². The second kappa shape index (κ2) is 9.91. The predicted molar refractivity (Wildman–Crippen MR) is 108 cm³/mol. The molecule has 0 atom stereocenters. The third-order valence-corrected chi connectivity index (χ3v) is 5.29. The average molecular weight is 364 g/mol. The van der Waals surface area contributed by atoms with Crippen molar-refractivity contribution in [2.45, 2.75) is 38.5 Å². The van der Waals surface area contributed by atoms with Gasteiger partial charge in [-0.05, 0) is 56.2 Å². The van der Waals surface area contributed by atoms with Gasteiger partial charge in [0.15, 0.2) is 0 Å². The van der Waals surface area contributed by atoms with Crippen LogP contribution in [-0.4, -0.2) is 18.4 Å². The van der Waals surface area contributed by atoms with Crippen LogP contribution in [0.1, 0.15) is 37.7 Å². The molecule has 0 bridgehead atoms. The third kappa shape index (κ3) is 5.95. The van der Waals surface area contributed by atoms with Crippen LogP contribution in [0.3, 0.4) is 0 Å². The first kappa shape index (κ1) is 19.2. The second-order valence-electron chi connectivity index (χ2n) is 7.28. The lowest BCUT2D eigenvalue weighted by atomic mass is 9.81. The van der Waals surface area contributed by atoms with Gasteiger partial charge < -0.3 is 10.6 Å². The molecule has 1 fully saturated rings. The van der Waals surface area contributed by atoms with E-state index in [0.717, 1.165) is 44.2 Å².